The zero-order valence-electron chi connectivity index (χ0n) is 12.5. The summed E-state index contributed by atoms with van der Waals surface area (Å²) in [6.07, 6.45) is 16.5. The molecule has 0 fully saturated rings. The Kier molecular flexibility index (Phi) is 8.61. The fourth-order valence-electron chi connectivity index (χ4n) is 2.91. The van der Waals surface area contributed by atoms with E-state index in [4.69, 9.17) is 0 Å². The summed E-state index contributed by atoms with van der Waals surface area (Å²) in [6.45, 7) is 2.09. The lowest BCUT2D eigenvalue weighted by atomic mass is 9.93. The van der Waals surface area contributed by atoms with Gasteiger partial charge in [0.25, 0.3) is 0 Å². The molecule has 2 nitrogen and oxygen atoms in total. The molecule has 2 heteroatoms. The first kappa shape index (κ1) is 16.3. The fraction of sp³-hybridized carbons (Fsp3) is 0.824. The van der Waals surface area contributed by atoms with Crippen molar-refractivity contribution in [2.24, 2.45) is 5.92 Å². The number of rotatable bonds is 1. The van der Waals surface area contributed by atoms with Crippen LogP contribution in [0.15, 0.2) is 11.6 Å². The normalized spacial score (nSPS) is 27.6. The third kappa shape index (κ3) is 8.07. The summed E-state index contributed by atoms with van der Waals surface area (Å²) in [6, 6.07) is 0. The topological polar surface area (TPSA) is 37.3 Å². The van der Waals surface area contributed by atoms with Gasteiger partial charge in [0.05, 0.1) is 5.92 Å². The molecule has 1 rings (SSSR count). The van der Waals surface area contributed by atoms with E-state index in [0.717, 1.165) is 25.7 Å². The first-order valence-electron chi connectivity index (χ1n) is 8.08. The van der Waals surface area contributed by atoms with E-state index in [0.29, 0.717) is 0 Å². The molecule has 110 valence electrons. The standard InChI is InChI=1S/C17H30O2/c1-15-12-10-8-6-4-2-3-5-7-9-11-13-16(14-15)17(18)19/h12,16H,2-11,13-14H2,1H3,(H,18,19)/b15-12-. The van der Waals surface area contributed by atoms with Gasteiger partial charge in [-0.2, -0.15) is 0 Å². The maximum atomic E-state index is 11.3. The monoisotopic (exact) mass is 266 g/mol. The van der Waals surface area contributed by atoms with Crippen LogP contribution < -0.4 is 0 Å². The van der Waals surface area contributed by atoms with Gasteiger partial charge in [0.2, 0.25) is 0 Å². The molecule has 1 atom stereocenters. The van der Waals surface area contributed by atoms with Crippen molar-refractivity contribution >= 4 is 5.97 Å². The Balaban J connectivity index is 2.47. The molecule has 19 heavy (non-hydrogen) atoms. The molecule has 0 amide bonds. The van der Waals surface area contributed by atoms with Gasteiger partial charge in [-0.1, -0.05) is 63.0 Å². The Morgan fingerprint density at radius 2 is 1.53 bits per heavy atom. The predicted octanol–water partition coefficient (Wildman–Crippen LogP) is 5.33. The van der Waals surface area contributed by atoms with Crippen LogP contribution in [0.25, 0.3) is 0 Å². The number of carbonyl (C=O) groups is 1. The van der Waals surface area contributed by atoms with Gasteiger partial charge in [0, 0.05) is 0 Å². The Labute approximate surface area is 118 Å². The van der Waals surface area contributed by atoms with Crippen molar-refractivity contribution in [3.05, 3.63) is 11.6 Å². The summed E-state index contributed by atoms with van der Waals surface area (Å²) in [5.74, 6) is -0.779. The molecule has 1 aliphatic rings. The SMILES string of the molecule is C/C1=C/CCCCCCCCCCCC(C(=O)O)C1. The van der Waals surface area contributed by atoms with Crippen LogP contribution in [-0.2, 0) is 4.79 Å². The van der Waals surface area contributed by atoms with Crippen LogP contribution in [0.4, 0.5) is 0 Å². The molecule has 0 aromatic heterocycles. The van der Waals surface area contributed by atoms with Gasteiger partial charge in [-0.3, -0.25) is 4.79 Å². The summed E-state index contributed by atoms with van der Waals surface area (Å²) in [7, 11) is 0. The van der Waals surface area contributed by atoms with Crippen LogP contribution >= 0.6 is 0 Å². The lowest BCUT2D eigenvalue weighted by Gasteiger charge is -2.12. The molecule has 0 aromatic carbocycles. The Morgan fingerprint density at radius 1 is 1.00 bits per heavy atom. The highest BCUT2D eigenvalue weighted by atomic mass is 16.4. The Hall–Kier alpha value is -0.790. The van der Waals surface area contributed by atoms with E-state index in [1.54, 1.807) is 0 Å². The first-order valence-corrected chi connectivity index (χ1v) is 8.08. The minimum atomic E-state index is -0.614. The molecule has 1 unspecified atom stereocenters. The van der Waals surface area contributed by atoms with Crippen molar-refractivity contribution in [2.45, 2.75) is 84.0 Å². The molecule has 1 aliphatic carbocycles. The average Bonchev–Trinajstić information content (AvgIpc) is 2.38. The van der Waals surface area contributed by atoms with E-state index in [2.05, 4.69) is 13.0 Å². The molecular formula is C17H30O2. The third-order valence-corrected chi connectivity index (χ3v) is 4.17. The first-order chi connectivity index (χ1) is 9.20. The van der Waals surface area contributed by atoms with Crippen LogP contribution in [0.3, 0.4) is 0 Å². The van der Waals surface area contributed by atoms with Crippen LogP contribution in [0, 0.1) is 5.92 Å². The van der Waals surface area contributed by atoms with E-state index in [1.165, 1.54) is 56.9 Å². The second-order valence-corrected chi connectivity index (χ2v) is 6.05. The van der Waals surface area contributed by atoms with Gasteiger partial charge in [0.15, 0.2) is 0 Å². The number of carboxylic acid groups (broad SMARTS) is 1. The van der Waals surface area contributed by atoms with Crippen molar-refractivity contribution in [1.29, 1.82) is 0 Å². The largest absolute Gasteiger partial charge is 0.481 e. The fourth-order valence-corrected chi connectivity index (χ4v) is 2.91. The van der Waals surface area contributed by atoms with E-state index in [1.807, 2.05) is 0 Å². The Bertz CT molecular complexity index is 281. The number of carboxylic acids is 1. The van der Waals surface area contributed by atoms with Gasteiger partial charge in [-0.15, -0.1) is 0 Å². The van der Waals surface area contributed by atoms with Crippen molar-refractivity contribution in [3.63, 3.8) is 0 Å². The molecule has 0 bridgehead atoms. The van der Waals surface area contributed by atoms with Crippen LogP contribution in [0.2, 0.25) is 0 Å². The van der Waals surface area contributed by atoms with Gasteiger partial charge < -0.3 is 5.11 Å². The smallest absolute Gasteiger partial charge is 0.306 e. The molecule has 0 saturated heterocycles. The summed E-state index contributed by atoms with van der Waals surface area (Å²) in [5.41, 5.74) is 1.27. The second kappa shape index (κ2) is 10.1. The highest BCUT2D eigenvalue weighted by molar-refractivity contribution is 5.70. The van der Waals surface area contributed by atoms with Gasteiger partial charge in [-0.25, -0.2) is 0 Å². The van der Waals surface area contributed by atoms with Gasteiger partial charge in [-0.05, 0) is 32.6 Å². The molecule has 0 aromatic rings. The molecule has 0 saturated carbocycles. The van der Waals surface area contributed by atoms with Crippen molar-refractivity contribution < 1.29 is 9.90 Å². The summed E-state index contributed by atoms with van der Waals surface area (Å²) in [5, 5.41) is 9.28. The lowest BCUT2D eigenvalue weighted by molar-refractivity contribution is -0.142. The number of aliphatic carboxylic acids is 1. The zero-order chi connectivity index (χ0) is 13.9. The van der Waals surface area contributed by atoms with Crippen molar-refractivity contribution in [1.82, 2.24) is 0 Å². The van der Waals surface area contributed by atoms with E-state index in [-0.39, 0.29) is 5.92 Å². The molecule has 0 radical (unpaired) electrons. The van der Waals surface area contributed by atoms with Gasteiger partial charge in [0.1, 0.15) is 0 Å². The Morgan fingerprint density at radius 3 is 2.11 bits per heavy atom. The zero-order valence-corrected chi connectivity index (χ0v) is 12.5. The van der Waals surface area contributed by atoms with E-state index in [9.17, 15) is 9.90 Å². The van der Waals surface area contributed by atoms with Crippen LogP contribution in [0.5, 0.6) is 0 Å². The minimum Gasteiger partial charge on any atom is -0.481 e. The third-order valence-electron chi connectivity index (χ3n) is 4.17. The number of hydrogen-bond acceptors (Lipinski definition) is 1. The molecule has 0 spiro atoms. The summed E-state index contributed by atoms with van der Waals surface area (Å²) >= 11 is 0. The second-order valence-electron chi connectivity index (χ2n) is 6.05. The molecular weight excluding hydrogens is 236 g/mol. The van der Waals surface area contributed by atoms with Crippen molar-refractivity contribution in [2.75, 3.05) is 0 Å². The minimum absolute atomic E-state index is 0.165. The lowest BCUT2D eigenvalue weighted by Crippen LogP contribution is -2.14. The van der Waals surface area contributed by atoms with E-state index >= 15 is 0 Å². The molecule has 1 N–H and O–H groups in total. The van der Waals surface area contributed by atoms with E-state index < -0.39 is 5.97 Å². The maximum absolute atomic E-state index is 11.3. The quantitative estimate of drug-likeness (QED) is 0.651. The maximum Gasteiger partial charge on any atom is 0.306 e. The molecule has 0 aliphatic heterocycles. The predicted molar refractivity (Wildman–Crippen MR) is 80.3 cm³/mol. The highest BCUT2D eigenvalue weighted by Gasteiger charge is 2.17. The number of hydrogen-bond donors (Lipinski definition) is 1. The highest BCUT2D eigenvalue weighted by Crippen LogP contribution is 2.21. The van der Waals surface area contributed by atoms with Crippen molar-refractivity contribution in [3.8, 4) is 0 Å². The molecule has 0 heterocycles. The number of allylic oxidation sites excluding steroid dienone is 2. The summed E-state index contributed by atoms with van der Waals surface area (Å²) < 4.78 is 0. The van der Waals surface area contributed by atoms with Crippen LogP contribution in [0.1, 0.15) is 84.0 Å². The average molecular weight is 266 g/mol. The van der Waals surface area contributed by atoms with Crippen LogP contribution in [-0.4, -0.2) is 11.1 Å². The summed E-state index contributed by atoms with van der Waals surface area (Å²) in [4.78, 5) is 11.3. The van der Waals surface area contributed by atoms with Gasteiger partial charge >= 0.3 is 5.97 Å².